The molecule has 0 radical (unpaired) electrons. The largest absolute Gasteiger partial charge is 0.253 e. The molecule has 56 heavy (non-hydrogen) atoms. The van der Waals surface area contributed by atoms with Gasteiger partial charge in [-0.05, 0) is 153 Å². The number of allylic oxidation sites excluding steroid dienone is 3. The lowest BCUT2D eigenvalue weighted by atomic mass is 9.89. The summed E-state index contributed by atoms with van der Waals surface area (Å²) in [5, 5.41) is 3.46. The van der Waals surface area contributed by atoms with Crippen LogP contribution in [0.4, 0.5) is 5.69 Å². The molecule has 1 heterocycles. The minimum Gasteiger partial charge on any atom is -0.253 e. The van der Waals surface area contributed by atoms with Gasteiger partial charge < -0.3 is 0 Å². The minimum absolute atomic E-state index is 0.411. The van der Waals surface area contributed by atoms with E-state index in [1.165, 1.54) is 16.7 Å². The SMILES string of the molecule is C/C1=C(\c2cccc(-c3cc(N=O)cc(-c4cc(-c5ccccc5)cc(-c5ccccc5)c4)c3)c2)CCC/C=C(/c2ccccc2)N=C(c2ccccc2)CC1. The lowest BCUT2D eigenvalue weighted by Gasteiger charge is -2.16. The van der Waals surface area contributed by atoms with Crippen molar-refractivity contribution in [1.29, 1.82) is 0 Å². The van der Waals surface area contributed by atoms with Gasteiger partial charge in [-0.1, -0.05) is 151 Å². The van der Waals surface area contributed by atoms with Crippen LogP contribution in [-0.2, 0) is 0 Å². The average molecular weight is 725 g/mol. The van der Waals surface area contributed by atoms with Gasteiger partial charge in [0.05, 0.1) is 5.70 Å². The lowest BCUT2D eigenvalue weighted by Crippen LogP contribution is -2.03. The number of hydrogen-bond donors (Lipinski definition) is 0. The zero-order chi connectivity index (χ0) is 38.1. The Morgan fingerprint density at radius 2 is 0.875 bits per heavy atom. The number of aliphatic imine (C=N–C) groups is 1. The van der Waals surface area contributed by atoms with E-state index in [4.69, 9.17) is 4.99 Å². The summed E-state index contributed by atoms with van der Waals surface area (Å²) in [6.07, 6.45) is 6.96. The summed E-state index contributed by atoms with van der Waals surface area (Å²) in [5.41, 5.74) is 17.4. The Balaban J connectivity index is 1.16. The maximum atomic E-state index is 12.2. The van der Waals surface area contributed by atoms with Gasteiger partial charge in [-0.3, -0.25) is 4.99 Å². The fraction of sp³-hybridized carbons (Fsp3) is 0.113. The molecule has 0 aromatic heterocycles. The van der Waals surface area contributed by atoms with E-state index in [0.717, 1.165) is 99.1 Å². The third-order valence-corrected chi connectivity index (χ3v) is 10.7. The van der Waals surface area contributed by atoms with Gasteiger partial charge in [0.1, 0.15) is 5.69 Å². The highest BCUT2D eigenvalue weighted by Crippen LogP contribution is 2.38. The zero-order valence-electron chi connectivity index (χ0n) is 31.7. The molecule has 3 nitrogen and oxygen atoms in total. The Labute approximate surface area is 330 Å². The minimum atomic E-state index is 0.411. The molecule has 0 fully saturated rings. The van der Waals surface area contributed by atoms with Crippen LogP contribution in [0.25, 0.3) is 55.8 Å². The molecule has 0 amide bonds. The summed E-state index contributed by atoms with van der Waals surface area (Å²) >= 11 is 0. The molecule has 0 aliphatic carbocycles. The standard InChI is InChI=1S/C53H44N2O/c1-38-29-30-53(42-23-12-5-13-24-42)54-52(41-21-10-4-11-22-41)28-15-14-27-51(38)44-26-16-25-43(31-44)48-35-49(37-50(36-48)55-56)47-33-45(39-17-6-2-7-18-39)32-46(34-47)40-19-8-3-9-20-40/h2-13,16-26,28,31-37H,14-15,27,29-30H2,1H3/b51-38+,52-28-,54-53?. The summed E-state index contributed by atoms with van der Waals surface area (Å²) in [6, 6.07) is 63.5. The van der Waals surface area contributed by atoms with Crippen molar-refractivity contribution < 1.29 is 0 Å². The van der Waals surface area contributed by atoms with Crippen molar-refractivity contribution >= 4 is 22.7 Å². The Hall–Kier alpha value is -6.71. The van der Waals surface area contributed by atoms with Gasteiger partial charge in [-0.15, -0.1) is 4.91 Å². The zero-order valence-corrected chi connectivity index (χ0v) is 31.7. The molecular formula is C53H44N2O. The van der Waals surface area contributed by atoms with Gasteiger partial charge in [0, 0.05) is 5.71 Å². The van der Waals surface area contributed by atoms with E-state index in [9.17, 15) is 4.91 Å². The molecule has 272 valence electrons. The Morgan fingerprint density at radius 1 is 0.429 bits per heavy atom. The van der Waals surface area contributed by atoms with Crippen LogP contribution in [-0.4, -0.2) is 5.71 Å². The molecule has 0 N–H and O–H groups in total. The summed E-state index contributed by atoms with van der Waals surface area (Å²) in [5.74, 6) is 0. The van der Waals surface area contributed by atoms with Gasteiger partial charge in [0.15, 0.2) is 0 Å². The molecule has 1 aliphatic heterocycles. The van der Waals surface area contributed by atoms with Crippen LogP contribution in [0, 0.1) is 4.91 Å². The van der Waals surface area contributed by atoms with Crippen LogP contribution < -0.4 is 0 Å². The maximum Gasteiger partial charge on any atom is 0.109 e. The van der Waals surface area contributed by atoms with Gasteiger partial charge in [-0.2, -0.15) is 0 Å². The van der Waals surface area contributed by atoms with Crippen LogP contribution in [0.5, 0.6) is 0 Å². The number of rotatable bonds is 8. The summed E-state index contributed by atoms with van der Waals surface area (Å²) in [7, 11) is 0. The van der Waals surface area contributed by atoms with E-state index >= 15 is 0 Å². The molecule has 3 heteroatoms. The first-order valence-electron chi connectivity index (χ1n) is 19.5. The number of benzene rings is 7. The Kier molecular flexibility index (Phi) is 11.1. The van der Waals surface area contributed by atoms with Crippen molar-refractivity contribution in [2.24, 2.45) is 10.2 Å². The molecule has 1 aliphatic rings. The van der Waals surface area contributed by atoms with Gasteiger partial charge in [0.25, 0.3) is 0 Å². The van der Waals surface area contributed by atoms with E-state index in [2.05, 4.69) is 176 Å². The smallest absolute Gasteiger partial charge is 0.109 e. The van der Waals surface area contributed by atoms with Crippen molar-refractivity contribution in [2.75, 3.05) is 0 Å². The molecular weight excluding hydrogens is 681 g/mol. The van der Waals surface area contributed by atoms with E-state index in [1.54, 1.807) is 0 Å². The van der Waals surface area contributed by atoms with Crippen LogP contribution in [0.2, 0.25) is 0 Å². The number of hydrogen-bond acceptors (Lipinski definition) is 3. The normalized spacial score (nSPS) is 15.9. The summed E-state index contributed by atoms with van der Waals surface area (Å²) < 4.78 is 0. The quantitative estimate of drug-likeness (QED) is 0.144. The molecule has 7 aromatic rings. The molecule has 0 saturated carbocycles. The van der Waals surface area contributed by atoms with Gasteiger partial charge >= 0.3 is 0 Å². The first-order chi connectivity index (χ1) is 27.6. The van der Waals surface area contributed by atoms with Crippen molar-refractivity contribution in [1.82, 2.24) is 0 Å². The fourth-order valence-electron chi connectivity index (χ4n) is 7.73. The molecule has 0 saturated heterocycles. The Morgan fingerprint density at radius 3 is 1.45 bits per heavy atom. The second-order valence-electron chi connectivity index (χ2n) is 14.5. The molecule has 0 atom stereocenters. The van der Waals surface area contributed by atoms with Gasteiger partial charge in [-0.25, -0.2) is 0 Å². The summed E-state index contributed by atoms with van der Waals surface area (Å²) in [6.45, 7) is 2.28. The highest BCUT2D eigenvalue weighted by Gasteiger charge is 2.15. The van der Waals surface area contributed by atoms with Crippen molar-refractivity contribution in [3.05, 3.63) is 215 Å². The molecule has 0 unspecified atom stereocenters. The van der Waals surface area contributed by atoms with Crippen LogP contribution >= 0.6 is 0 Å². The van der Waals surface area contributed by atoms with Crippen LogP contribution in [0.1, 0.15) is 55.7 Å². The maximum absolute atomic E-state index is 12.2. The molecule has 8 rings (SSSR count). The van der Waals surface area contributed by atoms with Crippen LogP contribution in [0.15, 0.2) is 204 Å². The van der Waals surface area contributed by atoms with E-state index < -0.39 is 0 Å². The monoisotopic (exact) mass is 724 g/mol. The molecule has 0 bridgehead atoms. The Bertz CT molecular complexity index is 2490. The van der Waals surface area contributed by atoms with E-state index in [0.29, 0.717) is 5.69 Å². The highest BCUT2D eigenvalue weighted by molar-refractivity contribution is 6.03. The van der Waals surface area contributed by atoms with E-state index in [1.807, 2.05) is 24.3 Å². The topological polar surface area (TPSA) is 41.8 Å². The van der Waals surface area contributed by atoms with Crippen molar-refractivity contribution in [3.8, 4) is 44.5 Å². The van der Waals surface area contributed by atoms with Crippen molar-refractivity contribution in [2.45, 2.75) is 39.0 Å². The third kappa shape index (κ3) is 8.48. The van der Waals surface area contributed by atoms with Crippen molar-refractivity contribution in [3.63, 3.8) is 0 Å². The second-order valence-corrected chi connectivity index (χ2v) is 14.5. The molecule has 7 aromatic carbocycles. The predicted octanol–water partition coefficient (Wildman–Crippen LogP) is 15.0. The number of nitrogens with zero attached hydrogens (tertiary/aromatic N) is 2. The summed E-state index contributed by atoms with van der Waals surface area (Å²) in [4.78, 5) is 17.6. The van der Waals surface area contributed by atoms with Crippen LogP contribution in [0.3, 0.4) is 0 Å². The highest BCUT2D eigenvalue weighted by atomic mass is 16.3. The van der Waals surface area contributed by atoms with Gasteiger partial charge in [0.2, 0.25) is 0 Å². The second kappa shape index (κ2) is 17.2. The predicted molar refractivity (Wildman–Crippen MR) is 237 cm³/mol. The van der Waals surface area contributed by atoms with E-state index in [-0.39, 0.29) is 0 Å². The average Bonchev–Trinajstić information content (AvgIpc) is 3.31. The fourth-order valence-corrected chi connectivity index (χ4v) is 7.73. The molecule has 0 spiro atoms. The third-order valence-electron chi connectivity index (χ3n) is 10.7. The first kappa shape index (κ1) is 36.3. The number of nitroso groups, excluding NO2 is 1. The lowest BCUT2D eigenvalue weighted by molar-refractivity contribution is 0.869. The first-order valence-corrected chi connectivity index (χ1v) is 19.5.